The van der Waals surface area contributed by atoms with Crippen molar-refractivity contribution < 1.29 is 0 Å². The van der Waals surface area contributed by atoms with E-state index in [0.717, 1.165) is 17.3 Å². The van der Waals surface area contributed by atoms with Crippen LogP contribution in [0.5, 0.6) is 0 Å². The lowest BCUT2D eigenvalue weighted by molar-refractivity contribution is 0.678. The number of hydrogen-bond donors (Lipinski definition) is 1. The topological polar surface area (TPSA) is 37.8 Å². The van der Waals surface area contributed by atoms with Crippen LogP contribution in [0, 0.1) is 13.8 Å². The molecule has 2 rings (SSSR count). The molecule has 82 valence electrons. The molecule has 1 saturated heterocycles. The molecule has 2 heterocycles. The molecule has 3 nitrogen and oxygen atoms in total. The highest BCUT2D eigenvalue weighted by molar-refractivity contribution is 7.99. The van der Waals surface area contributed by atoms with Gasteiger partial charge in [0.25, 0.3) is 0 Å². The van der Waals surface area contributed by atoms with Gasteiger partial charge in [0.2, 0.25) is 5.95 Å². The van der Waals surface area contributed by atoms with E-state index >= 15 is 0 Å². The zero-order valence-electron chi connectivity index (χ0n) is 9.29. The summed E-state index contributed by atoms with van der Waals surface area (Å²) in [4.78, 5) is 8.79. The Morgan fingerprint density at radius 2 is 2.07 bits per heavy atom. The Morgan fingerprint density at radius 1 is 1.33 bits per heavy atom. The molecule has 0 amide bonds. The van der Waals surface area contributed by atoms with E-state index in [1.165, 1.54) is 24.3 Å². The zero-order chi connectivity index (χ0) is 10.7. The van der Waals surface area contributed by atoms with Crippen LogP contribution < -0.4 is 5.32 Å². The minimum Gasteiger partial charge on any atom is -0.351 e. The molecule has 4 heteroatoms. The van der Waals surface area contributed by atoms with Gasteiger partial charge in [-0.3, -0.25) is 0 Å². The average Bonchev–Trinajstić information content (AvgIpc) is 2.17. The van der Waals surface area contributed by atoms with Crippen molar-refractivity contribution >= 4 is 17.7 Å². The van der Waals surface area contributed by atoms with Crippen LogP contribution in [-0.2, 0) is 0 Å². The molecule has 0 bridgehead atoms. The number of rotatable bonds is 2. The number of thioether (sulfide) groups is 1. The van der Waals surface area contributed by atoms with E-state index in [2.05, 4.69) is 15.3 Å². The summed E-state index contributed by atoms with van der Waals surface area (Å²) in [6, 6.07) is 2.55. The van der Waals surface area contributed by atoms with Gasteiger partial charge in [0.15, 0.2) is 0 Å². The van der Waals surface area contributed by atoms with Crippen molar-refractivity contribution in [3.63, 3.8) is 0 Å². The molecule has 0 spiro atoms. The van der Waals surface area contributed by atoms with Gasteiger partial charge in [0.05, 0.1) is 0 Å². The smallest absolute Gasteiger partial charge is 0.223 e. The normalized spacial score (nSPS) is 21.3. The molecule has 1 fully saturated rings. The van der Waals surface area contributed by atoms with E-state index in [4.69, 9.17) is 0 Å². The molecule has 1 N–H and O–H groups in total. The highest BCUT2D eigenvalue weighted by Gasteiger charge is 2.14. The highest BCUT2D eigenvalue weighted by Crippen LogP contribution is 2.19. The highest BCUT2D eigenvalue weighted by atomic mass is 32.2. The molecule has 0 aliphatic carbocycles. The van der Waals surface area contributed by atoms with Crippen LogP contribution in [0.3, 0.4) is 0 Å². The number of hydrogen-bond acceptors (Lipinski definition) is 4. The van der Waals surface area contributed by atoms with Crippen LogP contribution in [0.2, 0.25) is 0 Å². The second kappa shape index (κ2) is 4.84. The molecule has 1 unspecified atom stereocenters. The van der Waals surface area contributed by atoms with Gasteiger partial charge in [-0.25, -0.2) is 9.97 Å². The van der Waals surface area contributed by atoms with E-state index in [1.807, 2.05) is 31.7 Å². The zero-order valence-corrected chi connectivity index (χ0v) is 10.1. The first-order chi connectivity index (χ1) is 7.24. The minimum absolute atomic E-state index is 0.546. The van der Waals surface area contributed by atoms with Crippen molar-refractivity contribution in [2.75, 3.05) is 16.8 Å². The number of anilines is 1. The van der Waals surface area contributed by atoms with E-state index in [1.54, 1.807) is 0 Å². The third-order valence-corrected chi connectivity index (χ3v) is 3.69. The Morgan fingerprint density at radius 3 is 2.67 bits per heavy atom. The molecule has 1 aromatic rings. The van der Waals surface area contributed by atoms with Crippen molar-refractivity contribution in [2.45, 2.75) is 32.7 Å². The van der Waals surface area contributed by atoms with Gasteiger partial charge in [0, 0.05) is 23.2 Å². The number of nitrogens with zero attached hydrogens (tertiary/aromatic N) is 2. The van der Waals surface area contributed by atoms with Crippen LogP contribution in [0.15, 0.2) is 6.07 Å². The molecule has 1 aliphatic rings. The number of aromatic nitrogens is 2. The van der Waals surface area contributed by atoms with E-state index in [-0.39, 0.29) is 0 Å². The quantitative estimate of drug-likeness (QED) is 0.835. The van der Waals surface area contributed by atoms with Gasteiger partial charge in [-0.2, -0.15) is 11.8 Å². The van der Waals surface area contributed by atoms with Crippen molar-refractivity contribution in [1.82, 2.24) is 9.97 Å². The second-order valence-corrected chi connectivity index (χ2v) is 5.18. The van der Waals surface area contributed by atoms with Crippen molar-refractivity contribution in [1.29, 1.82) is 0 Å². The van der Waals surface area contributed by atoms with Crippen LogP contribution in [0.25, 0.3) is 0 Å². The molecule has 0 radical (unpaired) electrons. The molecular formula is C11H17N3S. The first kappa shape index (κ1) is 10.7. The third kappa shape index (κ3) is 3.09. The molecule has 0 aromatic carbocycles. The summed E-state index contributed by atoms with van der Waals surface area (Å²) in [6.45, 7) is 4.02. The van der Waals surface area contributed by atoms with Gasteiger partial charge < -0.3 is 5.32 Å². The molecule has 0 saturated carbocycles. The summed E-state index contributed by atoms with van der Waals surface area (Å²) in [5.41, 5.74) is 2.07. The van der Waals surface area contributed by atoms with E-state index < -0.39 is 0 Å². The van der Waals surface area contributed by atoms with Gasteiger partial charge in [0.1, 0.15) is 0 Å². The summed E-state index contributed by atoms with van der Waals surface area (Å²) in [7, 11) is 0. The maximum Gasteiger partial charge on any atom is 0.223 e. The molecule has 1 aliphatic heterocycles. The van der Waals surface area contributed by atoms with Crippen molar-refractivity contribution in [3.8, 4) is 0 Å². The monoisotopic (exact) mass is 223 g/mol. The fourth-order valence-electron chi connectivity index (χ4n) is 1.83. The SMILES string of the molecule is Cc1cc(C)nc(NC2CCCSC2)n1. The summed E-state index contributed by atoms with van der Waals surface area (Å²) in [5.74, 6) is 3.27. The number of nitrogens with one attached hydrogen (secondary N) is 1. The van der Waals surface area contributed by atoms with Gasteiger partial charge >= 0.3 is 0 Å². The van der Waals surface area contributed by atoms with E-state index in [0.29, 0.717) is 6.04 Å². The Bertz CT molecular complexity index is 314. The standard InChI is InChI=1S/C11H17N3S/c1-8-6-9(2)13-11(12-8)14-10-4-3-5-15-7-10/h6,10H,3-5,7H2,1-2H3,(H,12,13,14). The lowest BCUT2D eigenvalue weighted by Gasteiger charge is -2.22. The molecule has 15 heavy (non-hydrogen) atoms. The predicted octanol–water partition coefficient (Wildman–Crippen LogP) is 2.40. The van der Waals surface area contributed by atoms with Crippen molar-refractivity contribution in [2.24, 2.45) is 0 Å². The maximum atomic E-state index is 4.40. The van der Waals surface area contributed by atoms with Crippen LogP contribution in [-0.4, -0.2) is 27.5 Å². The van der Waals surface area contributed by atoms with E-state index in [9.17, 15) is 0 Å². The number of aryl methyl sites for hydroxylation is 2. The molecule has 1 atom stereocenters. The summed E-state index contributed by atoms with van der Waals surface area (Å²) in [6.07, 6.45) is 2.54. The lowest BCUT2D eigenvalue weighted by atomic mass is 10.2. The predicted molar refractivity (Wildman–Crippen MR) is 65.5 cm³/mol. The van der Waals surface area contributed by atoms with Gasteiger partial charge in [-0.15, -0.1) is 0 Å². The third-order valence-electron chi connectivity index (χ3n) is 2.48. The summed E-state index contributed by atoms with van der Waals surface area (Å²) < 4.78 is 0. The van der Waals surface area contributed by atoms with Gasteiger partial charge in [-0.05, 0) is 38.5 Å². The summed E-state index contributed by atoms with van der Waals surface area (Å²) in [5, 5.41) is 3.42. The molecule has 1 aromatic heterocycles. The first-order valence-corrected chi connectivity index (χ1v) is 6.56. The second-order valence-electron chi connectivity index (χ2n) is 4.03. The minimum atomic E-state index is 0.546. The first-order valence-electron chi connectivity index (χ1n) is 5.40. The fraction of sp³-hybridized carbons (Fsp3) is 0.636. The van der Waals surface area contributed by atoms with Crippen LogP contribution in [0.1, 0.15) is 24.2 Å². The Labute approximate surface area is 95.1 Å². The fourth-order valence-corrected chi connectivity index (χ4v) is 2.90. The van der Waals surface area contributed by atoms with Crippen molar-refractivity contribution in [3.05, 3.63) is 17.5 Å². The molecular weight excluding hydrogens is 206 g/mol. The maximum absolute atomic E-state index is 4.40. The van der Waals surface area contributed by atoms with Gasteiger partial charge in [-0.1, -0.05) is 0 Å². The van der Waals surface area contributed by atoms with Crippen LogP contribution in [0.4, 0.5) is 5.95 Å². The lowest BCUT2D eigenvalue weighted by Crippen LogP contribution is -2.26. The summed E-state index contributed by atoms with van der Waals surface area (Å²) >= 11 is 2.01. The Hall–Kier alpha value is -0.770. The largest absolute Gasteiger partial charge is 0.351 e. The Kier molecular flexibility index (Phi) is 3.46. The van der Waals surface area contributed by atoms with Crippen LogP contribution >= 0.6 is 11.8 Å². The Balaban J connectivity index is 2.02. The average molecular weight is 223 g/mol.